The van der Waals surface area contributed by atoms with E-state index in [0.29, 0.717) is 6.54 Å². The molecule has 0 aliphatic carbocycles. The van der Waals surface area contributed by atoms with E-state index in [1.807, 2.05) is 0 Å². The molecule has 1 aromatic carbocycles. The van der Waals surface area contributed by atoms with Gasteiger partial charge in [0.1, 0.15) is 5.82 Å². The maximum absolute atomic E-state index is 13.0. The predicted molar refractivity (Wildman–Crippen MR) is 79.6 cm³/mol. The molecule has 1 aromatic rings. The molecule has 4 heteroatoms. The lowest BCUT2D eigenvalue weighted by atomic mass is 9.85. The normalized spacial score (nSPS) is 14.7. The zero-order valence-corrected chi connectivity index (χ0v) is 12.7. The van der Waals surface area contributed by atoms with Gasteiger partial charge in [-0.15, -0.1) is 0 Å². The highest BCUT2D eigenvalue weighted by molar-refractivity contribution is 5.79. The van der Waals surface area contributed by atoms with E-state index in [1.165, 1.54) is 12.1 Å². The third kappa shape index (κ3) is 5.29. The Bertz CT molecular complexity index is 437. The van der Waals surface area contributed by atoms with E-state index < -0.39 is 0 Å². The van der Waals surface area contributed by atoms with E-state index in [1.54, 1.807) is 19.1 Å². The van der Waals surface area contributed by atoms with E-state index in [-0.39, 0.29) is 29.1 Å². The van der Waals surface area contributed by atoms with Gasteiger partial charge in [-0.25, -0.2) is 4.39 Å². The third-order valence-electron chi connectivity index (χ3n) is 3.21. The van der Waals surface area contributed by atoms with Crippen molar-refractivity contribution in [3.63, 3.8) is 0 Å². The molecule has 0 saturated carbocycles. The number of nitrogens with one attached hydrogen (secondary N) is 1. The largest absolute Gasteiger partial charge is 0.349 e. The quantitative estimate of drug-likeness (QED) is 0.871. The van der Waals surface area contributed by atoms with Crippen LogP contribution in [0.15, 0.2) is 24.3 Å². The van der Waals surface area contributed by atoms with Crippen molar-refractivity contribution < 1.29 is 9.18 Å². The van der Waals surface area contributed by atoms with Crippen molar-refractivity contribution >= 4 is 5.91 Å². The van der Waals surface area contributed by atoms with Crippen molar-refractivity contribution in [2.24, 2.45) is 17.1 Å². The molecule has 2 atom stereocenters. The summed E-state index contributed by atoms with van der Waals surface area (Å²) in [7, 11) is 0. The molecule has 0 bridgehead atoms. The average molecular weight is 280 g/mol. The fourth-order valence-corrected chi connectivity index (χ4v) is 1.98. The van der Waals surface area contributed by atoms with Crippen molar-refractivity contribution in [3.8, 4) is 0 Å². The third-order valence-corrected chi connectivity index (χ3v) is 3.21. The minimum Gasteiger partial charge on any atom is -0.349 e. The molecule has 20 heavy (non-hydrogen) atoms. The van der Waals surface area contributed by atoms with E-state index >= 15 is 0 Å². The maximum atomic E-state index is 13.0. The smallest absolute Gasteiger partial charge is 0.224 e. The average Bonchev–Trinajstić information content (AvgIpc) is 2.36. The van der Waals surface area contributed by atoms with Gasteiger partial charge in [0, 0.05) is 12.5 Å². The summed E-state index contributed by atoms with van der Waals surface area (Å²) in [4.78, 5) is 12.0. The van der Waals surface area contributed by atoms with Crippen LogP contribution in [0.1, 0.15) is 45.7 Å². The molecule has 0 radical (unpaired) electrons. The highest BCUT2D eigenvalue weighted by Crippen LogP contribution is 2.29. The Balaban J connectivity index is 2.91. The van der Waals surface area contributed by atoms with Gasteiger partial charge in [0.2, 0.25) is 5.91 Å². The molecule has 3 nitrogen and oxygen atoms in total. The van der Waals surface area contributed by atoms with Crippen LogP contribution in [0.4, 0.5) is 4.39 Å². The van der Waals surface area contributed by atoms with Crippen LogP contribution >= 0.6 is 0 Å². The topological polar surface area (TPSA) is 55.1 Å². The molecule has 2 unspecified atom stereocenters. The first-order valence-corrected chi connectivity index (χ1v) is 6.99. The molecule has 0 aromatic heterocycles. The lowest BCUT2D eigenvalue weighted by Crippen LogP contribution is -2.37. The molecule has 1 amide bonds. The molecular weight excluding hydrogens is 255 g/mol. The first-order chi connectivity index (χ1) is 9.23. The number of amides is 1. The number of hydrogen-bond donors (Lipinski definition) is 2. The second-order valence-corrected chi connectivity index (χ2v) is 6.51. The Morgan fingerprint density at radius 1 is 1.30 bits per heavy atom. The zero-order chi connectivity index (χ0) is 15.3. The van der Waals surface area contributed by atoms with Gasteiger partial charge in [-0.2, -0.15) is 0 Å². The minimum atomic E-state index is -0.273. The number of halogens is 1. The second kappa shape index (κ2) is 6.84. The Morgan fingerprint density at radius 3 is 2.30 bits per heavy atom. The van der Waals surface area contributed by atoms with E-state index in [0.717, 1.165) is 12.0 Å². The monoisotopic (exact) mass is 280 g/mol. The molecule has 112 valence electrons. The molecule has 0 heterocycles. The van der Waals surface area contributed by atoms with Crippen LogP contribution in [0.3, 0.4) is 0 Å². The highest BCUT2D eigenvalue weighted by Gasteiger charge is 2.23. The summed E-state index contributed by atoms with van der Waals surface area (Å²) in [6, 6.07) is 6.16. The highest BCUT2D eigenvalue weighted by atomic mass is 19.1. The molecule has 0 aliphatic heterocycles. The van der Waals surface area contributed by atoms with Crippen LogP contribution in [0.5, 0.6) is 0 Å². The summed E-state index contributed by atoms with van der Waals surface area (Å²) >= 11 is 0. The van der Waals surface area contributed by atoms with Crippen molar-refractivity contribution in [2.75, 3.05) is 6.54 Å². The van der Waals surface area contributed by atoms with E-state index in [2.05, 4.69) is 26.1 Å². The van der Waals surface area contributed by atoms with Gasteiger partial charge < -0.3 is 11.1 Å². The van der Waals surface area contributed by atoms with Gasteiger partial charge in [-0.1, -0.05) is 39.8 Å². The first kappa shape index (κ1) is 16.6. The van der Waals surface area contributed by atoms with Crippen molar-refractivity contribution in [1.82, 2.24) is 5.32 Å². The Labute approximate surface area is 120 Å². The van der Waals surface area contributed by atoms with Gasteiger partial charge in [0.05, 0.1) is 6.04 Å². The van der Waals surface area contributed by atoms with Crippen LogP contribution in [-0.2, 0) is 4.79 Å². The summed E-state index contributed by atoms with van der Waals surface area (Å²) in [5, 5.41) is 3.02. The molecule has 3 N–H and O–H groups in total. The second-order valence-electron chi connectivity index (χ2n) is 6.51. The Kier molecular flexibility index (Phi) is 5.69. The fraction of sp³-hybridized carbons (Fsp3) is 0.562. The van der Waals surface area contributed by atoms with E-state index in [4.69, 9.17) is 5.73 Å². The Hall–Kier alpha value is -1.42. The van der Waals surface area contributed by atoms with Crippen molar-refractivity contribution in [2.45, 2.75) is 40.2 Å². The summed E-state index contributed by atoms with van der Waals surface area (Å²) in [5.74, 6) is -0.561. The molecular formula is C16H25FN2O. The van der Waals surface area contributed by atoms with Crippen molar-refractivity contribution in [3.05, 3.63) is 35.6 Å². The molecule has 0 saturated heterocycles. The van der Waals surface area contributed by atoms with Crippen molar-refractivity contribution in [1.29, 1.82) is 0 Å². The first-order valence-electron chi connectivity index (χ1n) is 6.99. The number of benzene rings is 1. The lowest BCUT2D eigenvalue weighted by Gasteiger charge is -2.28. The number of carbonyl (C=O) groups excluding carboxylic acids is 1. The summed E-state index contributed by atoms with van der Waals surface area (Å²) in [6.07, 6.45) is 0.779. The standard InChI is InChI=1S/C16H25FN2O/c1-11(10-18)15(20)19-14(9-16(2,3)4)12-5-7-13(17)8-6-12/h5-8,11,14H,9-10,18H2,1-4H3,(H,19,20). The van der Waals surface area contributed by atoms with Gasteiger partial charge in [-0.3, -0.25) is 4.79 Å². The van der Waals surface area contributed by atoms with Crippen LogP contribution in [-0.4, -0.2) is 12.5 Å². The van der Waals surface area contributed by atoms with Crippen LogP contribution in [0.2, 0.25) is 0 Å². The number of hydrogen-bond acceptors (Lipinski definition) is 2. The maximum Gasteiger partial charge on any atom is 0.224 e. The number of nitrogens with two attached hydrogens (primary N) is 1. The van der Waals surface area contributed by atoms with Gasteiger partial charge in [0.15, 0.2) is 0 Å². The molecule has 0 fully saturated rings. The molecule has 0 aliphatic rings. The zero-order valence-electron chi connectivity index (χ0n) is 12.7. The summed E-state index contributed by atoms with van der Waals surface area (Å²) < 4.78 is 13.0. The number of rotatable bonds is 5. The van der Waals surface area contributed by atoms with Gasteiger partial charge >= 0.3 is 0 Å². The fourth-order valence-electron chi connectivity index (χ4n) is 1.98. The van der Waals surface area contributed by atoms with Crippen LogP contribution in [0.25, 0.3) is 0 Å². The molecule has 0 spiro atoms. The van der Waals surface area contributed by atoms with Gasteiger partial charge in [-0.05, 0) is 29.5 Å². The summed E-state index contributed by atoms with van der Waals surface area (Å²) in [5.41, 5.74) is 6.49. The van der Waals surface area contributed by atoms with Crippen LogP contribution in [0, 0.1) is 17.2 Å². The minimum absolute atomic E-state index is 0.0539. The SMILES string of the molecule is CC(CN)C(=O)NC(CC(C)(C)C)c1ccc(F)cc1. The summed E-state index contributed by atoms with van der Waals surface area (Å²) in [6.45, 7) is 8.46. The molecule has 1 rings (SSSR count). The van der Waals surface area contributed by atoms with Crippen LogP contribution < -0.4 is 11.1 Å². The predicted octanol–water partition coefficient (Wildman–Crippen LogP) is 3.01. The van der Waals surface area contributed by atoms with Gasteiger partial charge in [0.25, 0.3) is 0 Å². The Morgan fingerprint density at radius 2 is 1.85 bits per heavy atom. The lowest BCUT2D eigenvalue weighted by molar-refractivity contribution is -0.125. The van der Waals surface area contributed by atoms with E-state index in [9.17, 15) is 9.18 Å². The number of carbonyl (C=O) groups is 1.